The van der Waals surface area contributed by atoms with Crippen LogP contribution in [0.25, 0.3) is 17.2 Å². The summed E-state index contributed by atoms with van der Waals surface area (Å²) < 4.78 is 19.5. The van der Waals surface area contributed by atoms with E-state index < -0.39 is 5.97 Å². The van der Waals surface area contributed by atoms with Crippen LogP contribution in [0.15, 0.2) is 54.7 Å². The third-order valence-corrected chi connectivity index (χ3v) is 5.71. The van der Waals surface area contributed by atoms with Crippen molar-refractivity contribution in [2.75, 3.05) is 12.4 Å². The van der Waals surface area contributed by atoms with E-state index in [0.29, 0.717) is 28.3 Å². The first-order chi connectivity index (χ1) is 16.4. The summed E-state index contributed by atoms with van der Waals surface area (Å²) in [5, 5.41) is 15.6. The summed E-state index contributed by atoms with van der Waals surface area (Å²) in [6.07, 6.45) is 1.70. The van der Waals surface area contributed by atoms with Crippen LogP contribution >= 0.6 is 0 Å². The second-order valence-electron chi connectivity index (χ2n) is 7.83. The highest BCUT2D eigenvalue weighted by molar-refractivity contribution is 5.95. The number of carbonyl (C=O) groups is 2. The van der Waals surface area contributed by atoms with Gasteiger partial charge in [0.2, 0.25) is 5.91 Å². The lowest BCUT2D eigenvalue weighted by Crippen LogP contribution is -2.25. The highest BCUT2D eigenvalue weighted by Crippen LogP contribution is 2.40. The van der Waals surface area contributed by atoms with E-state index in [9.17, 15) is 14.0 Å². The minimum atomic E-state index is -0.427. The minimum absolute atomic E-state index is 0.174. The number of nitrogens with zero attached hydrogens (tertiary/aromatic N) is 5. The molecule has 9 nitrogen and oxygen atoms in total. The van der Waals surface area contributed by atoms with E-state index in [4.69, 9.17) is 4.74 Å². The van der Waals surface area contributed by atoms with Crippen molar-refractivity contribution in [3.8, 4) is 17.2 Å². The van der Waals surface area contributed by atoms with Crippen molar-refractivity contribution < 1.29 is 18.7 Å². The van der Waals surface area contributed by atoms with Crippen LogP contribution in [-0.2, 0) is 9.53 Å². The number of hydrogen-bond donors (Lipinski definition) is 1. The van der Waals surface area contributed by atoms with E-state index >= 15 is 0 Å². The molecule has 1 aliphatic heterocycles. The number of rotatable bonds is 4. The Hall–Kier alpha value is -4.47. The number of aryl methyl sites for hydroxylation is 1. The van der Waals surface area contributed by atoms with Gasteiger partial charge in [0.05, 0.1) is 30.3 Å². The molecule has 0 saturated heterocycles. The average Bonchev–Trinajstić information content (AvgIpc) is 3.19. The third-order valence-electron chi connectivity index (χ3n) is 5.71. The van der Waals surface area contributed by atoms with Crippen LogP contribution in [0.1, 0.15) is 39.5 Å². The lowest BCUT2D eigenvalue weighted by atomic mass is 9.85. The number of carbonyl (C=O) groups excluding carboxylic acids is 2. The molecule has 2 aromatic heterocycles. The molecule has 0 aliphatic carbocycles. The Kier molecular flexibility index (Phi) is 5.33. The number of methoxy groups -OCH3 is 1. The molecule has 3 heterocycles. The minimum Gasteiger partial charge on any atom is -0.465 e. The van der Waals surface area contributed by atoms with Crippen molar-refractivity contribution in [3.05, 3.63) is 82.9 Å². The molecule has 1 aliphatic rings. The molecule has 170 valence electrons. The zero-order chi connectivity index (χ0) is 23.8. The second kappa shape index (κ2) is 8.47. The number of aromatic nitrogens is 5. The van der Waals surface area contributed by atoms with Crippen molar-refractivity contribution in [3.63, 3.8) is 0 Å². The van der Waals surface area contributed by atoms with Crippen molar-refractivity contribution >= 4 is 17.7 Å². The number of ether oxygens (including phenoxy) is 1. The van der Waals surface area contributed by atoms with E-state index in [0.717, 1.165) is 11.1 Å². The van der Waals surface area contributed by atoms with Gasteiger partial charge in [-0.05, 0) is 48.9 Å². The zero-order valence-corrected chi connectivity index (χ0v) is 18.3. The van der Waals surface area contributed by atoms with E-state index in [2.05, 4.69) is 25.6 Å². The van der Waals surface area contributed by atoms with E-state index in [1.165, 1.54) is 30.1 Å². The maximum absolute atomic E-state index is 13.3. The summed E-state index contributed by atoms with van der Waals surface area (Å²) in [7, 11) is 1.33. The molecule has 0 radical (unpaired) electrons. The molecule has 0 bridgehead atoms. The summed E-state index contributed by atoms with van der Waals surface area (Å²) in [6, 6.07) is 12.8. The molecule has 0 spiro atoms. The monoisotopic (exact) mass is 458 g/mol. The molecular formula is C24H19FN6O3. The fourth-order valence-corrected chi connectivity index (χ4v) is 4.09. The lowest BCUT2D eigenvalue weighted by Gasteiger charge is -2.24. The van der Waals surface area contributed by atoms with Gasteiger partial charge in [-0.15, -0.1) is 5.10 Å². The highest BCUT2D eigenvalue weighted by Gasteiger charge is 2.33. The second-order valence-corrected chi connectivity index (χ2v) is 7.83. The number of halogens is 1. The Morgan fingerprint density at radius 1 is 1.15 bits per heavy atom. The third kappa shape index (κ3) is 3.79. The fourth-order valence-electron chi connectivity index (χ4n) is 4.09. The van der Waals surface area contributed by atoms with Crippen LogP contribution in [0.5, 0.6) is 0 Å². The van der Waals surface area contributed by atoms with Crippen LogP contribution in [0.2, 0.25) is 0 Å². The molecule has 10 heteroatoms. The molecule has 5 rings (SSSR count). The Balaban J connectivity index is 1.56. The number of amides is 1. The summed E-state index contributed by atoms with van der Waals surface area (Å²) in [5.41, 5.74) is 3.99. The smallest absolute Gasteiger partial charge is 0.337 e. The van der Waals surface area contributed by atoms with Gasteiger partial charge in [0.15, 0.2) is 0 Å². The molecule has 0 unspecified atom stereocenters. The summed E-state index contributed by atoms with van der Waals surface area (Å²) in [6.45, 7) is 1.85. The normalized spacial score (nSPS) is 14.9. The van der Waals surface area contributed by atoms with Crippen LogP contribution in [0.3, 0.4) is 0 Å². The molecule has 2 aromatic carbocycles. The quantitative estimate of drug-likeness (QED) is 0.466. The topological polar surface area (TPSA) is 112 Å². The molecule has 1 amide bonds. The van der Waals surface area contributed by atoms with Crippen LogP contribution < -0.4 is 5.32 Å². The molecular weight excluding hydrogens is 439 g/mol. The van der Waals surface area contributed by atoms with Gasteiger partial charge in [-0.25, -0.2) is 14.2 Å². The number of anilines is 1. The summed E-state index contributed by atoms with van der Waals surface area (Å²) in [4.78, 5) is 28.9. The Morgan fingerprint density at radius 2 is 1.88 bits per heavy atom. The van der Waals surface area contributed by atoms with E-state index in [1.54, 1.807) is 24.3 Å². The predicted molar refractivity (Wildman–Crippen MR) is 120 cm³/mol. The first kappa shape index (κ1) is 21.4. The maximum Gasteiger partial charge on any atom is 0.337 e. The van der Waals surface area contributed by atoms with Crippen LogP contribution in [0, 0.1) is 12.7 Å². The predicted octanol–water partition coefficient (Wildman–Crippen LogP) is 3.43. The molecule has 0 saturated carbocycles. The number of nitrogens with one attached hydrogen (secondary N) is 1. The largest absolute Gasteiger partial charge is 0.465 e. The van der Waals surface area contributed by atoms with Crippen molar-refractivity contribution in [2.24, 2.45) is 0 Å². The molecule has 4 aromatic rings. The van der Waals surface area contributed by atoms with Gasteiger partial charge < -0.3 is 10.1 Å². The number of hydrogen-bond acceptors (Lipinski definition) is 7. The Morgan fingerprint density at radius 3 is 2.59 bits per heavy atom. The summed E-state index contributed by atoms with van der Waals surface area (Å²) >= 11 is 0. The van der Waals surface area contributed by atoms with Crippen molar-refractivity contribution in [1.29, 1.82) is 0 Å². The first-order valence-electron chi connectivity index (χ1n) is 10.5. The number of fused-ring (bicyclic) bond motifs is 1. The average molecular weight is 458 g/mol. The SMILES string of the molecule is COC(=O)c1ccc([C@@H]2CC(=O)Nc3c2c(C)nn3-c2nncc(-c3ccc(F)cc3)n2)cc1. The van der Waals surface area contributed by atoms with Gasteiger partial charge >= 0.3 is 5.97 Å². The highest BCUT2D eigenvalue weighted by atomic mass is 19.1. The first-order valence-corrected chi connectivity index (χ1v) is 10.5. The van der Waals surface area contributed by atoms with E-state index in [1.807, 2.05) is 19.1 Å². The van der Waals surface area contributed by atoms with Gasteiger partial charge in [-0.3, -0.25) is 4.79 Å². The van der Waals surface area contributed by atoms with Gasteiger partial charge in [0, 0.05) is 23.5 Å². The Labute approximate surface area is 193 Å². The molecule has 0 fully saturated rings. The standard InChI is InChI=1S/C24H19FN6O3/c1-13-21-18(14-3-5-16(6-4-14)23(33)34-2)11-20(32)28-22(21)31(30-13)24-27-19(12-26-29-24)15-7-9-17(25)10-8-15/h3-10,12,18H,11H2,1-2H3,(H,28,32)/t18-/m0/s1. The summed E-state index contributed by atoms with van der Waals surface area (Å²) in [5.74, 6) is -0.586. The van der Waals surface area contributed by atoms with E-state index in [-0.39, 0.29) is 30.0 Å². The Bertz CT molecular complexity index is 1400. The van der Waals surface area contributed by atoms with Gasteiger partial charge in [-0.2, -0.15) is 14.9 Å². The fraction of sp³-hybridized carbons (Fsp3) is 0.167. The van der Waals surface area contributed by atoms with Crippen molar-refractivity contribution in [1.82, 2.24) is 25.0 Å². The number of esters is 1. The molecule has 1 N–H and O–H groups in total. The maximum atomic E-state index is 13.3. The molecule has 1 atom stereocenters. The van der Waals surface area contributed by atoms with Gasteiger partial charge in [0.25, 0.3) is 5.95 Å². The lowest BCUT2D eigenvalue weighted by molar-refractivity contribution is -0.116. The van der Waals surface area contributed by atoms with Crippen LogP contribution in [-0.4, -0.2) is 43.9 Å². The van der Waals surface area contributed by atoms with Gasteiger partial charge in [0.1, 0.15) is 11.6 Å². The van der Waals surface area contributed by atoms with Gasteiger partial charge in [-0.1, -0.05) is 12.1 Å². The number of benzene rings is 2. The van der Waals surface area contributed by atoms with Crippen LogP contribution in [0.4, 0.5) is 10.2 Å². The molecule has 34 heavy (non-hydrogen) atoms. The zero-order valence-electron chi connectivity index (χ0n) is 18.3. The van der Waals surface area contributed by atoms with Crippen molar-refractivity contribution in [2.45, 2.75) is 19.3 Å².